The molecule has 4 nitrogen and oxygen atoms in total. The molecular weight excluding hydrogens is 178 g/mol. The van der Waals surface area contributed by atoms with Gasteiger partial charge in [-0.25, -0.2) is 8.42 Å². The number of β-amino-alcohol motifs (C(OH)–C–C–N with tert-alkyl or cyclic N) is 1. The van der Waals surface area contributed by atoms with Crippen molar-refractivity contribution in [2.24, 2.45) is 0 Å². The van der Waals surface area contributed by atoms with Crippen molar-refractivity contribution in [1.82, 2.24) is 4.31 Å². The molecule has 0 aromatic heterocycles. The van der Waals surface area contributed by atoms with E-state index in [9.17, 15) is 13.5 Å². The van der Waals surface area contributed by atoms with E-state index in [0.717, 1.165) is 12.8 Å². The van der Waals surface area contributed by atoms with Gasteiger partial charge in [0.1, 0.15) is 0 Å². The third-order valence-electron chi connectivity index (χ3n) is 2.12. The van der Waals surface area contributed by atoms with Crippen molar-refractivity contribution in [3.8, 4) is 0 Å². The highest BCUT2D eigenvalue weighted by Crippen LogP contribution is 2.13. The molecule has 1 N–H and O–H groups in total. The Morgan fingerprint density at radius 2 is 2.25 bits per heavy atom. The molecule has 0 aliphatic carbocycles. The number of sulfonamides is 1. The number of nitrogens with zero attached hydrogens (tertiary/aromatic N) is 1. The van der Waals surface area contributed by atoms with Crippen molar-refractivity contribution in [3.63, 3.8) is 0 Å². The lowest BCUT2D eigenvalue weighted by Gasteiger charge is -2.28. The van der Waals surface area contributed by atoms with Gasteiger partial charge in [-0.15, -0.1) is 0 Å². The van der Waals surface area contributed by atoms with Crippen LogP contribution in [0.25, 0.3) is 0 Å². The monoisotopic (exact) mass is 193 g/mol. The standard InChI is InChI=1S/C7H15NO3S/c1-2-12(10,11)8-5-3-4-7(9)6-8/h7,9H,2-6H2,1H3/t7-/m0/s1. The Bertz CT molecular complexity index is 237. The summed E-state index contributed by atoms with van der Waals surface area (Å²) in [6.45, 7) is 2.46. The van der Waals surface area contributed by atoms with Gasteiger partial charge in [-0.2, -0.15) is 4.31 Å². The number of piperidine rings is 1. The molecule has 0 aromatic carbocycles. The zero-order valence-electron chi connectivity index (χ0n) is 7.23. The van der Waals surface area contributed by atoms with Crippen molar-refractivity contribution in [3.05, 3.63) is 0 Å². The van der Waals surface area contributed by atoms with Crippen molar-refractivity contribution < 1.29 is 13.5 Å². The molecule has 1 atom stereocenters. The molecular formula is C7H15NO3S. The minimum atomic E-state index is -3.08. The Labute approximate surface area is 73.2 Å². The van der Waals surface area contributed by atoms with Crippen LogP contribution in [0.5, 0.6) is 0 Å². The molecule has 0 bridgehead atoms. The summed E-state index contributed by atoms with van der Waals surface area (Å²) in [5, 5.41) is 9.23. The molecule has 1 saturated heterocycles. The molecule has 1 heterocycles. The van der Waals surface area contributed by atoms with Crippen molar-refractivity contribution in [2.75, 3.05) is 18.8 Å². The molecule has 5 heteroatoms. The van der Waals surface area contributed by atoms with Gasteiger partial charge >= 0.3 is 0 Å². The Hall–Kier alpha value is -0.130. The smallest absolute Gasteiger partial charge is 0.213 e. The van der Waals surface area contributed by atoms with Crippen LogP contribution in [0.1, 0.15) is 19.8 Å². The van der Waals surface area contributed by atoms with E-state index in [0.29, 0.717) is 6.54 Å². The summed E-state index contributed by atoms with van der Waals surface area (Å²) in [6, 6.07) is 0. The predicted octanol–water partition coefficient (Wildman–Crippen LogP) is -0.207. The average molecular weight is 193 g/mol. The fraction of sp³-hybridized carbons (Fsp3) is 1.00. The van der Waals surface area contributed by atoms with Crippen LogP contribution in [0.15, 0.2) is 0 Å². The van der Waals surface area contributed by atoms with Crippen LogP contribution in [0.4, 0.5) is 0 Å². The lowest BCUT2D eigenvalue weighted by molar-refractivity contribution is 0.108. The first-order valence-corrected chi connectivity index (χ1v) is 5.83. The zero-order chi connectivity index (χ0) is 9.19. The zero-order valence-corrected chi connectivity index (χ0v) is 8.05. The molecule has 0 unspecified atom stereocenters. The lowest BCUT2D eigenvalue weighted by Crippen LogP contribution is -2.42. The SMILES string of the molecule is CCS(=O)(=O)N1CCC[C@H](O)C1. The van der Waals surface area contributed by atoms with Gasteiger partial charge in [-0.3, -0.25) is 0 Å². The maximum absolute atomic E-state index is 11.3. The Morgan fingerprint density at radius 3 is 2.75 bits per heavy atom. The predicted molar refractivity (Wildman–Crippen MR) is 46.3 cm³/mol. The highest BCUT2D eigenvalue weighted by molar-refractivity contribution is 7.89. The quantitative estimate of drug-likeness (QED) is 0.660. The number of hydrogen-bond donors (Lipinski definition) is 1. The van der Waals surface area contributed by atoms with Crippen LogP contribution in [0.3, 0.4) is 0 Å². The summed E-state index contributed by atoms with van der Waals surface area (Å²) in [4.78, 5) is 0. The molecule has 0 spiro atoms. The van der Waals surface area contributed by atoms with Gasteiger partial charge in [-0.05, 0) is 19.8 Å². The van der Waals surface area contributed by atoms with Crippen molar-refractivity contribution in [2.45, 2.75) is 25.9 Å². The molecule has 1 rings (SSSR count). The lowest BCUT2D eigenvalue weighted by atomic mass is 10.1. The molecule has 1 aliphatic heterocycles. The molecule has 1 fully saturated rings. The molecule has 0 radical (unpaired) electrons. The van der Waals surface area contributed by atoms with E-state index in [-0.39, 0.29) is 12.3 Å². The third kappa shape index (κ3) is 2.18. The van der Waals surface area contributed by atoms with Gasteiger partial charge in [0.2, 0.25) is 10.0 Å². The van der Waals surface area contributed by atoms with Crippen LogP contribution >= 0.6 is 0 Å². The summed E-state index contributed by atoms with van der Waals surface area (Å²) in [6.07, 6.45) is 1.01. The second-order valence-electron chi connectivity index (χ2n) is 3.05. The van der Waals surface area contributed by atoms with Crippen LogP contribution in [-0.2, 0) is 10.0 Å². The molecule has 72 valence electrons. The van der Waals surface area contributed by atoms with Crippen molar-refractivity contribution in [1.29, 1.82) is 0 Å². The third-order valence-corrected chi connectivity index (χ3v) is 3.97. The van der Waals surface area contributed by atoms with E-state index in [1.54, 1.807) is 6.92 Å². The summed E-state index contributed by atoms with van der Waals surface area (Å²) in [5.41, 5.74) is 0. The van der Waals surface area contributed by atoms with Crippen LogP contribution in [0.2, 0.25) is 0 Å². The first kappa shape index (κ1) is 9.95. The van der Waals surface area contributed by atoms with E-state index < -0.39 is 16.1 Å². The second-order valence-corrected chi connectivity index (χ2v) is 5.31. The summed E-state index contributed by atoms with van der Waals surface area (Å²) < 4.78 is 24.0. The Balaban J connectivity index is 2.63. The number of hydrogen-bond acceptors (Lipinski definition) is 3. The molecule has 12 heavy (non-hydrogen) atoms. The largest absolute Gasteiger partial charge is 0.392 e. The first-order valence-electron chi connectivity index (χ1n) is 4.22. The van der Waals surface area contributed by atoms with E-state index >= 15 is 0 Å². The molecule has 0 saturated carbocycles. The van der Waals surface area contributed by atoms with Gasteiger partial charge in [0.05, 0.1) is 11.9 Å². The van der Waals surface area contributed by atoms with Gasteiger partial charge in [-0.1, -0.05) is 0 Å². The van der Waals surface area contributed by atoms with Gasteiger partial charge in [0, 0.05) is 13.1 Å². The van der Waals surface area contributed by atoms with E-state index in [2.05, 4.69) is 0 Å². The normalized spacial score (nSPS) is 27.3. The molecule has 1 aliphatic rings. The highest BCUT2D eigenvalue weighted by atomic mass is 32.2. The minimum absolute atomic E-state index is 0.125. The highest BCUT2D eigenvalue weighted by Gasteiger charge is 2.25. The summed E-state index contributed by atoms with van der Waals surface area (Å²) >= 11 is 0. The Kier molecular flexibility index (Phi) is 3.09. The summed E-state index contributed by atoms with van der Waals surface area (Å²) in [7, 11) is -3.08. The number of aliphatic hydroxyl groups excluding tert-OH is 1. The van der Waals surface area contributed by atoms with E-state index in [1.165, 1.54) is 4.31 Å². The maximum atomic E-state index is 11.3. The number of aliphatic hydroxyl groups is 1. The Morgan fingerprint density at radius 1 is 1.58 bits per heavy atom. The average Bonchev–Trinajstić information content (AvgIpc) is 2.05. The number of rotatable bonds is 2. The maximum Gasteiger partial charge on any atom is 0.213 e. The van der Waals surface area contributed by atoms with E-state index in [4.69, 9.17) is 0 Å². The van der Waals surface area contributed by atoms with Crippen molar-refractivity contribution >= 4 is 10.0 Å². The topological polar surface area (TPSA) is 57.6 Å². The fourth-order valence-electron chi connectivity index (χ4n) is 1.36. The van der Waals surface area contributed by atoms with Crippen LogP contribution in [0, 0.1) is 0 Å². The van der Waals surface area contributed by atoms with Crippen LogP contribution in [-0.4, -0.2) is 42.8 Å². The molecule has 0 aromatic rings. The van der Waals surface area contributed by atoms with Crippen LogP contribution < -0.4 is 0 Å². The van der Waals surface area contributed by atoms with Gasteiger partial charge in [0.25, 0.3) is 0 Å². The van der Waals surface area contributed by atoms with E-state index in [1.807, 2.05) is 0 Å². The van der Waals surface area contributed by atoms with Gasteiger partial charge in [0.15, 0.2) is 0 Å². The fourth-order valence-corrected chi connectivity index (χ4v) is 2.53. The first-order chi connectivity index (χ1) is 5.56. The molecule has 0 amide bonds. The minimum Gasteiger partial charge on any atom is -0.392 e. The van der Waals surface area contributed by atoms with Gasteiger partial charge < -0.3 is 5.11 Å². The summed E-state index contributed by atoms with van der Waals surface area (Å²) in [5.74, 6) is 0.125. The second kappa shape index (κ2) is 3.72.